The minimum absolute atomic E-state index is 0.0273. The van der Waals surface area contributed by atoms with Crippen LogP contribution in [0.15, 0.2) is 66.9 Å². The summed E-state index contributed by atoms with van der Waals surface area (Å²) in [5, 5.41) is 5.75. The average molecular weight is 337 g/mol. The predicted octanol–water partition coefficient (Wildman–Crippen LogP) is 4.23. The molecule has 126 valence electrons. The van der Waals surface area contributed by atoms with Gasteiger partial charge in [0.1, 0.15) is 17.4 Å². The number of amides is 1. The van der Waals surface area contributed by atoms with Gasteiger partial charge in [0.2, 0.25) is 0 Å². The van der Waals surface area contributed by atoms with E-state index in [2.05, 4.69) is 15.6 Å². The van der Waals surface area contributed by atoms with Crippen LogP contribution in [0.5, 0.6) is 5.75 Å². The highest BCUT2D eigenvalue weighted by molar-refractivity contribution is 6.03. The Morgan fingerprint density at radius 3 is 2.52 bits per heavy atom. The van der Waals surface area contributed by atoms with Crippen molar-refractivity contribution in [2.24, 2.45) is 0 Å². The topological polar surface area (TPSA) is 63.2 Å². The second-order valence-corrected chi connectivity index (χ2v) is 5.19. The number of benzene rings is 2. The molecule has 0 aliphatic carbocycles. The predicted molar refractivity (Wildman–Crippen MR) is 94.9 cm³/mol. The normalized spacial score (nSPS) is 10.2. The van der Waals surface area contributed by atoms with Gasteiger partial charge in [-0.2, -0.15) is 0 Å². The van der Waals surface area contributed by atoms with Crippen molar-refractivity contribution in [1.29, 1.82) is 0 Å². The molecule has 3 rings (SSSR count). The van der Waals surface area contributed by atoms with Crippen LogP contribution >= 0.6 is 0 Å². The Labute approximate surface area is 144 Å². The maximum Gasteiger partial charge on any atom is 0.259 e. The van der Waals surface area contributed by atoms with Crippen LogP contribution in [0.4, 0.5) is 21.6 Å². The largest absolute Gasteiger partial charge is 0.495 e. The molecular formula is C19H16FN3O2. The zero-order valence-electron chi connectivity index (χ0n) is 13.5. The van der Waals surface area contributed by atoms with Crippen LogP contribution < -0.4 is 15.4 Å². The first kappa shape index (κ1) is 16.4. The lowest BCUT2D eigenvalue weighted by Gasteiger charge is -2.11. The molecule has 0 unspecified atom stereocenters. The van der Waals surface area contributed by atoms with Crippen LogP contribution in [-0.2, 0) is 0 Å². The van der Waals surface area contributed by atoms with Crippen molar-refractivity contribution in [2.45, 2.75) is 0 Å². The third-order valence-electron chi connectivity index (χ3n) is 3.51. The second kappa shape index (κ2) is 7.44. The maximum atomic E-state index is 13.6. The number of halogens is 1. The van der Waals surface area contributed by atoms with E-state index >= 15 is 0 Å². The standard InChI is InChI=1S/C19H16FN3O2/c1-25-17-9-5-4-8-16(17)22-13-10-11-18(21-12-13)23-19(24)14-6-2-3-7-15(14)20/h2-12,22H,1H3,(H,21,23,24). The fourth-order valence-corrected chi connectivity index (χ4v) is 2.27. The number of nitrogens with one attached hydrogen (secondary N) is 2. The molecule has 0 bridgehead atoms. The Hall–Kier alpha value is -3.41. The van der Waals surface area contributed by atoms with Gasteiger partial charge in [0.05, 0.1) is 30.2 Å². The quantitative estimate of drug-likeness (QED) is 0.731. The summed E-state index contributed by atoms with van der Waals surface area (Å²) in [6.45, 7) is 0. The molecule has 6 heteroatoms. The van der Waals surface area contributed by atoms with Crippen molar-refractivity contribution in [1.82, 2.24) is 4.98 Å². The molecule has 2 aromatic carbocycles. The minimum Gasteiger partial charge on any atom is -0.495 e. The van der Waals surface area contributed by atoms with E-state index in [0.717, 1.165) is 11.4 Å². The van der Waals surface area contributed by atoms with Gasteiger partial charge in [-0.1, -0.05) is 24.3 Å². The van der Waals surface area contributed by atoms with E-state index in [-0.39, 0.29) is 5.56 Å². The summed E-state index contributed by atoms with van der Waals surface area (Å²) in [5.41, 5.74) is 1.50. The van der Waals surface area contributed by atoms with Crippen molar-refractivity contribution in [2.75, 3.05) is 17.7 Å². The Kier molecular flexibility index (Phi) is 4.89. The van der Waals surface area contributed by atoms with Gasteiger partial charge < -0.3 is 15.4 Å². The number of methoxy groups -OCH3 is 1. The lowest BCUT2D eigenvalue weighted by atomic mass is 10.2. The van der Waals surface area contributed by atoms with E-state index in [1.807, 2.05) is 24.3 Å². The van der Waals surface area contributed by atoms with Gasteiger partial charge in [-0.15, -0.1) is 0 Å². The fraction of sp³-hybridized carbons (Fsp3) is 0.0526. The summed E-state index contributed by atoms with van der Waals surface area (Å²) in [5.74, 6) is -0.0799. The molecule has 0 spiro atoms. The van der Waals surface area contributed by atoms with Crippen molar-refractivity contribution in [3.8, 4) is 5.75 Å². The Morgan fingerprint density at radius 1 is 1.04 bits per heavy atom. The second-order valence-electron chi connectivity index (χ2n) is 5.19. The van der Waals surface area contributed by atoms with Crippen molar-refractivity contribution in [3.63, 3.8) is 0 Å². The Morgan fingerprint density at radius 2 is 1.80 bits per heavy atom. The van der Waals surface area contributed by atoms with Gasteiger partial charge >= 0.3 is 0 Å². The highest BCUT2D eigenvalue weighted by Crippen LogP contribution is 2.26. The van der Waals surface area contributed by atoms with Crippen molar-refractivity contribution >= 4 is 23.1 Å². The molecule has 0 fully saturated rings. The van der Waals surface area contributed by atoms with Gasteiger partial charge in [0.25, 0.3) is 5.91 Å². The molecule has 5 nitrogen and oxygen atoms in total. The Balaban J connectivity index is 1.70. The molecule has 0 aliphatic rings. The summed E-state index contributed by atoms with van der Waals surface area (Å²) in [4.78, 5) is 16.2. The van der Waals surface area contributed by atoms with Crippen molar-refractivity contribution in [3.05, 3.63) is 78.2 Å². The molecule has 0 saturated heterocycles. The first-order valence-corrected chi connectivity index (χ1v) is 7.59. The molecule has 1 heterocycles. The number of nitrogens with zero attached hydrogens (tertiary/aromatic N) is 1. The Bertz CT molecular complexity index is 882. The number of anilines is 3. The number of carbonyl (C=O) groups excluding carboxylic acids is 1. The SMILES string of the molecule is COc1ccccc1Nc1ccc(NC(=O)c2ccccc2F)nc1. The molecule has 0 atom stereocenters. The van der Waals surface area contributed by atoms with E-state index in [1.165, 1.54) is 18.2 Å². The van der Waals surface area contributed by atoms with Crippen LogP contribution in [0.2, 0.25) is 0 Å². The van der Waals surface area contributed by atoms with Gasteiger partial charge in [-0.05, 0) is 36.4 Å². The van der Waals surface area contributed by atoms with Crippen LogP contribution in [0.25, 0.3) is 0 Å². The first-order valence-electron chi connectivity index (χ1n) is 7.59. The fourth-order valence-electron chi connectivity index (χ4n) is 2.27. The van der Waals surface area contributed by atoms with E-state index in [9.17, 15) is 9.18 Å². The average Bonchev–Trinajstić information content (AvgIpc) is 2.64. The summed E-state index contributed by atoms with van der Waals surface area (Å²) in [6.07, 6.45) is 1.57. The van der Waals surface area contributed by atoms with E-state index in [0.29, 0.717) is 11.6 Å². The van der Waals surface area contributed by atoms with Gasteiger partial charge in [-0.3, -0.25) is 4.79 Å². The number of pyridine rings is 1. The number of carbonyl (C=O) groups is 1. The van der Waals surface area contributed by atoms with Crippen molar-refractivity contribution < 1.29 is 13.9 Å². The maximum absolute atomic E-state index is 13.6. The lowest BCUT2D eigenvalue weighted by Crippen LogP contribution is -2.14. The third kappa shape index (κ3) is 3.92. The number of ether oxygens (including phenoxy) is 1. The monoisotopic (exact) mass is 337 g/mol. The number of hydrogen-bond donors (Lipinski definition) is 2. The molecular weight excluding hydrogens is 321 g/mol. The lowest BCUT2D eigenvalue weighted by molar-refractivity contribution is 0.102. The molecule has 0 aliphatic heterocycles. The highest BCUT2D eigenvalue weighted by atomic mass is 19.1. The third-order valence-corrected chi connectivity index (χ3v) is 3.51. The first-order chi connectivity index (χ1) is 12.2. The number of rotatable bonds is 5. The highest BCUT2D eigenvalue weighted by Gasteiger charge is 2.11. The van der Waals surface area contributed by atoms with Gasteiger partial charge in [-0.25, -0.2) is 9.37 Å². The summed E-state index contributed by atoms with van der Waals surface area (Å²) in [6, 6.07) is 16.7. The zero-order chi connectivity index (χ0) is 17.6. The van der Waals surface area contributed by atoms with E-state index in [1.54, 1.807) is 31.5 Å². The molecule has 0 radical (unpaired) electrons. The van der Waals surface area contributed by atoms with Crippen LogP contribution in [0.3, 0.4) is 0 Å². The number of para-hydroxylation sites is 2. The van der Waals surface area contributed by atoms with Crippen LogP contribution in [0.1, 0.15) is 10.4 Å². The number of hydrogen-bond acceptors (Lipinski definition) is 4. The van der Waals surface area contributed by atoms with E-state index < -0.39 is 11.7 Å². The van der Waals surface area contributed by atoms with E-state index in [4.69, 9.17) is 4.74 Å². The molecule has 25 heavy (non-hydrogen) atoms. The minimum atomic E-state index is -0.575. The summed E-state index contributed by atoms with van der Waals surface area (Å²) < 4.78 is 18.9. The van der Waals surface area contributed by atoms with Crippen LogP contribution in [0, 0.1) is 5.82 Å². The molecule has 1 amide bonds. The molecule has 1 aromatic heterocycles. The summed E-state index contributed by atoms with van der Waals surface area (Å²) >= 11 is 0. The molecule has 2 N–H and O–H groups in total. The zero-order valence-corrected chi connectivity index (χ0v) is 13.5. The molecule has 0 saturated carbocycles. The number of aromatic nitrogens is 1. The van der Waals surface area contributed by atoms with Gasteiger partial charge in [0, 0.05) is 0 Å². The summed E-state index contributed by atoms with van der Waals surface area (Å²) in [7, 11) is 1.60. The van der Waals surface area contributed by atoms with Crippen LogP contribution in [-0.4, -0.2) is 18.0 Å². The van der Waals surface area contributed by atoms with Gasteiger partial charge in [0.15, 0.2) is 0 Å². The smallest absolute Gasteiger partial charge is 0.259 e. The molecule has 3 aromatic rings.